The Labute approximate surface area is 126 Å². The fraction of sp³-hybridized carbons (Fsp3) is 0.250. The first kappa shape index (κ1) is 13.8. The smallest absolute Gasteiger partial charge is 0.309 e. The molecule has 1 N–H and O–H groups in total. The lowest BCUT2D eigenvalue weighted by Crippen LogP contribution is -2.02. The van der Waals surface area contributed by atoms with Gasteiger partial charge in [-0.05, 0) is 31.9 Å². The number of hydrogen-bond acceptors (Lipinski definition) is 3. The van der Waals surface area contributed by atoms with Crippen LogP contribution in [0.3, 0.4) is 0 Å². The van der Waals surface area contributed by atoms with E-state index < -0.39 is 5.97 Å². The van der Waals surface area contributed by atoms with Crippen LogP contribution in [0.15, 0.2) is 23.7 Å². The van der Waals surface area contributed by atoms with Crippen molar-refractivity contribution in [3.63, 3.8) is 0 Å². The summed E-state index contributed by atoms with van der Waals surface area (Å²) in [5.41, 5.74) is 6.43. The lowest BCUT2D eigenvalue weighted by Gasteiger charge is -2.08. The predicted octanol–water partition coefficient (Wildman–Crippen LogP) is 3.62. The highest BCUT2D eigenvalue weighted by Gasteiger charge is 2.14. The molecule has 108 valence electrons. The number of carbonyl (C=O) groups is 1. The van der Waals surface area contributed by atoms with Gasteiger partial charge in [-0.1, -0.05) is 17.7 Å². The average molecular weight is 300 g/mol. The second-order valence-corrected chi connectivity index (χ2v) is 6.19. The van der Waals surface area contributed by atoms with Crippen LogP contribution in [0.2, 0.25) is 0 Å². The lowest BCUT2D eigenvalue weighted by atomic mass is 9.98. The molecule has 0 amide bonds. The Hall–Kier alpha value is -2.14. The highest BCUT2D eigenvalue weighted by Crippen LogP contribution is 2.29. The maximum atomic E-state index is 10.9. The first-order valence-corrected chi connectivity index (χ1v) is 7.59. The normalized spacial score (nSPS) is 11.2. The van der Waals surface area contributed by atoms with Gasteiger partial charge < -0.3 is 5.11 Å². The molecule has 3 aromatic rings. The molecule has 0 bridgehead atoms. The zero-order valence-electron chi connectivity index (χ0n) is 12.2. The zero-order valence-corrected chi connectivity index (χ0v) is 13.0. The topological polar surface area (TPSA) is 54.6 Å². The zero-order chi connectivity index (χ0) is 15.1. The van der Waals surface area contributed by atoms with Crippen molar-refractivity contribution in [3.8, 4) is 11.3 Å². The number of benzene rings is 1. The van der Waals surface area contributed by atoms with Gasteiger partial charge in [0.15, 0.2) is 4.96 Å². The van der Waals surface area contributed by atoms with E-state index in [1.54, 1.807) is 0 Å². The van der Waals surface area contributed by atoms with Crippen LogP contribution < -0.4 is 0 Å². The molecule has 2 aromatic heterocycles. The van der Waals surface area contributed by atoms with Crippen molar-refractivity contribution in [1.29, 1.82) is 0 Å². The van der Waals surface area contributed by atoms with E-state index in [1.807, 2.05) is 16.0 Å². The monoisotopic (exact) mass is 300 g/mol. The van der Waals surface area contributed by atoms with E-state index in [0.717, 1.165) is 21.9 Å². The number of fused-ring (bicyclic) bond motifs is 1. The number of imidazole rings is 1. The summed E-state index contributed by atoms with van der Waals surface area (Å²) < 4.78 is 1.88. The van der Waals surface area contributed by atoms with Gasteiger partial charge in [-0.15, -0.1) is 11.3 Å². The van der Waals surface area contributed by atoms with Crippen LogP contribution in [0.5, 0.6) is 0 Å². The van der Waals surface area contributed by atoms with Crippen molar-refractivity contribution in [2.45, 2.75) is 27.2 Å². The van der Waals surface area contributed by atoms with Crippen LogP contribution in [-0.4, -0.2) is 20.5 Å². The number of aromatic nitrogens is 2. The van der Waals surface area contributed by atoms with Crippen LogP contribution in [0.1, 0.15) is 22.4 Å². The molecule has 2 heterocycles. The van der Waals surface area contributed by atoms with Gasteiger partial charge in [-0.25, -0.2) is 4.98 Å². The second-order valence-electron chi connectivity index (χ2n) is 5.35. The number of nitrogens with zero attached hydrogens (tertiary/aromatic N) is 2. The highest BCUT2D eigenvalue weighted by atomic mass is 32.1. The van der Waals surface area contributed by atoms with Gasteiger partial charge in [0.2, 0.25) is 0 Å². The van der Waals surface area contributed by atoms with Gasteiger partial charge in [-0.2, -0.15) is 0 Å². The molecule has 0 radical (unpaired) electrons. The van der Waals surface area contributed by atoms with Crippen molar-refractivity contribution >= 4 is 22.3 Å². The molecule has 0 saturated heterocycles. The molecule has 3 rings (SSSR count). The summed E-state index contributed by atoms with van der Waals surface area (Å²) in [4.78, 5) is 16.4. The number of thiazole rings is 1. The molecule has 0 aliphatic carbocycles. The molecule has 5 heteroatoms. The molecule has 21 heavy (non-hydrogen) atoms. The van der Waals surface area contributed by atoms with E-state index >= 15 is 0 Å². The lowest BCUT2D eigenvalue weighted by molar-refractivity contribution is -0.136. The van der Waals surface area contributed by atoms with Gasteiger partial charge in [-0.3, -0.25) is 9.20 Å². The van der Waals surface area contributed by atoms with Crippen LogP contribution in [0.4, 0.5) is 0 Å². The Balaban J connectivity index is 2.14. The van der Waals surface area contributed by atoms with Crippen molar-refractivity contribution in [1.82, 2.24) is 9.38 Å². The minimum atomic E-state index is -0.826. The number of carboxylic acid groups (broad SMARTS) is 1. The fourth-order valence-corrected chi connectivity index (χ4v) is 3.69. The van der Waals surface area contributed by atoms with E-state index in [0.29, 0.717) is 0 Å². The molecule has 0 atom stereocenters. The maximum Gasteiger partial charge on any atom is 0.309 e. The minimum absolute atomic E-state index is 0.0155. The molecule has 0 aliphatic heterocycles. The summed E-state index contributed by atoms with van der Waals surface area (Å²) in [6.07, 6.45) is 1.95. The largest absolute Gasteiger partial charge is 0.481 e. The summed E-state index contributed by atoms with van der Waals surface area (Å²) in [7, 11) is 0. The third-order valence-corrected chi connectivity index (χ3v) is 4.44. The molecular formula is C16H16N2O2S. The first-order chi connectivity index (χ1) is 9.95. The molecular weight excluding hydrogens is 284 g/mol. The molecule has 0 aliphatic rings. The van der Waals surface area contributed by atoms with Crippen molar-refractivity contribution in [3.05, 3.63) is 46.1 Å². The van der Waals surface area contributed by atoms with Gasteiger partial charge in [0.1, 0.15) is 0 Å². The Morgan fingerprint density at radius 2 is 1.95 bits per heavy atom. The minimum Gasteiger partial charge on any atom is -0.481 e. The fourth-order valence-electron chi connectivity index (χ4n) is 2.82. The number of aryl methyl sites for hydroxylation is 3. The number of carboxylic acids is 1. The van der Waals surface area contributed by atoms with Crippen LogP contribution in [0.25, 0.3) is 16.2 Å². The Morgan fingerprint density at radius 3 is 2.57 bits per heavy atom. The average Bonchev–Trinajstić information content (AvgIpc) is 2.90. The van der Waals surface area contributed by atoms with E-state index in [4.69, 9.17) is 5.11 Å². The standard InChI is InChI=1S/C16H16N2O2S/c1-9-4-10(2)15(11(3)5-9)13-7-18-12(6-14(19)20)8-21-16(18)17-13/h4-5,7-8H,6H2,1-3H3,(H,19,20). The van der Waals surface area contributed by atoms with Gasteiger partial charge in [0.25, 0.3) is 0 Å². The molecule has 1 aromatic carbocycles. The van der Waals surface area contributed by atoms with Crippen molar-refractivity contribution in [2.75, 3.05) is 0 Å². The SMILES string of the molecule is Cc1cc(C)c(-c2cn3c(CC(=O)O)csc3n2)c(C)c1. The van der Waals surface area contributed by atoms with Gasteiger partial charge in [0.05, 0.1) is 12.1 Å². The summed E-state index contributed by atoms with van der Waals surface area (Å²) >= 11 is 1.47. The van der Waals surface area contributed by atoms with Gasteiger partial charge >= 0.3 is 5.97 Å². The number of aliphatic carboxylic acids is 1. The molecule has 0 spiro atoms. The Morgan fingerprint density at radius 1 is 1.29 bits per heavy atom. The summed E-state index contributed by atoms with van der Waals surface area (Å²) in [6.45, 7) is 6.25. The predicted molar refractivity (Wildman–Crippen MR) is 84.1 cm³/mol. The highest BCUT2D eigenvalue weighted by molar-refractivity contribution is 7.15. The Bertz CT molecular complexity index is 822. The number of hydrogen-bond donors (Lipinski definition) is 1. The number of rotatable bonds is 3. The molecule has 0 unspecified atom stereocenters. The quantitative estimate of drug-likeness (QED) is 0.804. The summed E-state index contributed by atoms with van der Waals surface area (Å²) in [5.74, 6) is -0.826. The van der Waals surface area contributed by atoms with Gasteiger partial charge in [0, 0.05) is 22.8 Å². The molecule has 0 saturated carbocycles. The second kappa shape index (κ2) is 5.00. The molecule has 0 fully saturated rings. The first-order valence-electron chi connectivity index (χ1n) is 6.71. The van der Waals surface area contributed by atoms with E-state index in [-0.39, 0.29) is 6.42 Å². The van der Waals surface area contributed by atoms with E-state index in [1.165, 1.54) is 28.0 Å². The van der Waals surface area contributed by atoms with Crippen LogP contribution in [0, 0.1) is 20.8 Å². The maximum absolute atomic E-state index is 10.9. The van der Waals surface area contributed by atoms with Crippen LogP contribution in [-0.2, 0) is 11.2 Å². The summed E-state index contributed by atoms with van der Waals surface area (Å²) in [6, 6.07) is 4.29. The Kier molecular flexibility index (Phi) is 3.29. The third-order valence-electron chi connectivity index (χ3n) is 3.55. The van der Waals surface area contributed by atoms with Crippen molar-refractivity contribution in [2.24, 2.45) is 0 Å². The summed E-state index contributed by atoms with van der Waals surface area (Å²) in [5, 5.41) is 10.8. The van der Waals surface area contributed by atoms with E-state index in [9.17, 15) is 4.79 Å². The van der Waals surface area contributed by atoms with Crippen molar-refractivity contribution < 1.29 is 9.90 Å². The third kappa shape index (κ3) is 2.45. The van der Waals surface area contributed by atoms with Crippen LogP contribution >= 0.6 is 11.3 Å². The van der Waals surface area contributed by atoms with E-state index in [2.05, 4.69) is 37.9 Å². The molecule has 4 nitrogen and oxygen atoms in total.